The van der Waals surface area contributed by atoms with Crippen LogP contribution in [-0.2, 0) is 6.54 Å². The highest BCUT2D eigenvalue weighted by atomic mass is 35.5. The lowest BCUT2D eigenvalue weighted by Crippen LogP contribution is -2.03. The lowest BCUT2D eigenvalue weighted by Gasteiger charge is -2.06. The van der Waals surface area contributed by atoms with E-state index < -0.39 is 5.97 Å². The van der Waals surface area contributed by atoms with Gasteiger partial charge in [0, 0.05) is 22.2 Å². The molecule has 0 spiro atoms. The summed E-state index contributed by atoms with van der Waals surface area (Å²) in [6.07, 6.45) is 1.79. The first-order chi connectivity index (χ1) is 8.13. The number of nitrogens with zero attached hydrogens (tertiary/aromatic N) is 1. The van der Waals surface area contributed by atoms with Gasteiger partial charge in [-0.25, -0.2) is 4.79 Å². The van der Waals surface area contributed by atoms with Gasteiger partial charge in [-0.05, 0) is 12.1 Å². The molecule has 0 aliphatic rings. The van der Waals surface area contributed by atoms with Crippen LogP contribution < -0.4 is 0 Å². The number of allylic oxidation sites excluding steroid dienone is 1. The summed E-state index contributed by atoms with van der Waals surface area (Å²) < 4.78 is 1.76. The van der Waals surface area contributed by atoms with Gasteiger partial charge in [-0.1, -0.05) is 35.3 Å². The molecule has 5 heteroatoms. The molecule has 0 fully saturated rings. The maximum atomic E-state index is 11.1. The van der Waals surface area contributed by atoms with E-state index in [0.717, 1.165) is 5.39 Å². The monoisotopic (exact) mass is 269 g/mol. The van der Waals surface area contributed by atoms with E-state index in [2.05, 4.69) is 0 Å². The smallest absolute Gasteiger partial charge is 0.337 e. The predicted molar refractivity (Wildman–Crippen MR) is 68.7 cm³/mol. The molecule has 0 saturated heterocycles. The Hall–Kier alpha value is -1.45. The van der Waals surface area contributed by atoms with Gasteiger partial charge in [0.1, 0.15) is 0 Å². The molecule has 1 N–H and O–H groups in total. The quantitative estimate of drug-likeness (QED) is 0.924. The summed E-state index contributed by atoms with van der Waals surface area (Å²) >= 11 is 11.3. The average Bonchev–Trinajstić information content (AvgIpc) is 2.72. The Labute approximate surface area is 108 Å². The molecule has 0 radical (unpaired) electrons. The minimum absolute atomic E-state index is 0.256. The van der Waals surface area contributed by atoms with Crippen LogP contribution in [-0.4, -0.2) is 15.6 Å². The van der Waals surface area contributed by atoms with Crippen LogP contribution >= 0.6 is 23.2 Å². The molecule has 1 heterocycles. The molecular formula is C12H9Cl2NO2. The van der Waals surface area contributed by atoms with Gasteiger partial charge in [-0.2, -0.15) is 0 Å². The lowest BCUT2D eigenvalue weighted by molar-refractivity contribution is 0.0698. The van der Waals surface area contributed by atoms with Crippen molar-refractivity contribution in [2.75, 3.05) is 0 Å². The van der Waals surface area contributed by atoms with Crippen LogP contribution in [0.4, 0.5) is 0 Å². The van der Waals surface area contributed by atoms with E-state index in [1.807, 2.05) is 12.1 Å². The van der Waals surface area contributed by atoms with E-state index in [4.69, 9.17) is 28.3 Å². The molecule has 0 aliphatic carbocycles. The number of fused-ring (bicyclic) bond motifs is 1. The van der Waals surface area contributed by atoms with E-state index in [-0.39, 0.29) is 5.56 Å². The Morgan fingerprint density at radius 1 is 1.41 bits per heavy atom. The normalized spacial score (nSPS) is 12.0. The number of aromatic nitrogens is 1. The van der Waals surface area contributed by atoms with Crippen molar-refractivity contribution in [1.29, 1.82) is 0 Å². The number of benzene rings is 1. The van der Waals surface area contributed by atoms with E-state index >= 15 is 0 Å². The molecule has 0 bridgehead atoms. The largest absolute Gasteiger partial charge is 0.478 e. The predicted octanol–water partition coefficient (Wildman–Crippen LogP) is 3.66. The first-order valence-corrected chi connectivity index (χ1v) is 5.71. The number of carboxylic acids is 1. The molecule has 0 saturated carbocycles. The van der Waals surface area contributed by atoms with Crippen molar-refractivity contribution >= 4 is 40.1 Å². The molecule has 1 aromatic carbocycles. The Bertz CT molecular complexity index is 602. The fraction of sp³-hybridized carbons (Fsp3) is 0.0833. The third kappa shape index (κ3) is 2.30. The summed E-state index contributed by atoms with van der Waals surface area (Å²) in [7, 11) is 0. The summed E-state index contributed by atoms with van der Waals surface area (Å²) in [6.45, 7) is 0.360. The molecule has 88 valence electrons. The van der Waals surface area contributed by atoms with Crippen molar-refractivity contribution in [3.63, 3.8) is 0 Å². The Balaban J connectivity index is 2.61. The number of para-hydroxylation sites is 1. The highest BCUT2D eigenvalue weighted by Gasteiger charge is 2.12. The van der Waals surface area contributed by atoms with Gasteiger partial charge < -0.3 is 9.67 Å². The van der Waals surface area contributed by atoms with Crippen molar-refractivity contribution in [2.45, 2.75) is 6.54 Å². The highest BCUT2D eigenvalue weighted by Crippen LogP contribution is 2.22. The Morgan fingerprint density at radius 2 is 2.18 bits per heavy atom. The van der Waals surface area contributed by atoms with Gasteiger partial charge in [-0.15, -0.1) is 0 Å². The van der Waals surface area contributed by atoms with Crippen molar-refractivity contribution in [3.05, 3.63) is 46.6 Å². The number of rotatable bonds is 3. The molecule has 2 aromatic rings. The molecule has 2 rings (SSSR count). The minimum Gasteiger partial charge on any atom is -0.478 e. The van der Waals surface area contributed by atoms with Crippen molar-refractivity contribution in [3.8, 4) is 0 Å². The molecule has 0 aliphatic heterocycles. The first-order valence-electron chi connectivity index (χ1n) is 4.89. The standard InChI is InChI=1S/C12H9Cl2NO2/c13-6-9(14)7-15-5-4-8-2-1-3-10(11(8)15)12(16)17/h1-6H,7H2,(H,16,17). The van der Waals surface area contributed by atoms with E-state index in [1.165, 1.54) is 5.54 Å². The van der Waals surface area contributed by atoms with Gasteiger partial charge in [0.05, 0.1) is 17.6 Å². The van der Waals surface area contributed by atoms with Crippen molar-refractivity contribution in [1.82, 2.24) is 4.57 Å². The molecular weight excluding hydrogens is 261 g/mol. The van der Waals surface area contributed by atoms with Gasteiger partial charge in [0.2, 0.25) is 0 Å². The Morgan fingerprint density at radius 3 is 2.82 bits per heavy atom. The number of aromatic carboxylic acids is 1. The minimum atomic E-state index is -0.957. The summed E-state index contributed by atoms with van der Waals surface area (Å²) in [4.78, 5) is 11.1. The highest BCUT2D eigenvalue weighted by molar-refractivity contribution is 6.36. The second-order valence-corrected chi connectivity index (χ2v) is 4.25. The topological polar surface area (TPSA) is 42.2 Å². The lowest BCUT2D eigenvalue weighted by atomic mass is 10.1. The maximum absolute atomic E-state index is 11.1. The van der Waals surface area contributed by atoms with Gasteiger partial charge in [0.25, 0.3) is 0 Å². The van der Waals surface area contributed by atoms with Gasteiger partial charge in [0.15, 0.2) is 0 Å². The number of hydrogen-bond donors (Lipinski definition) is 1. The van der Waals surface area contributed by atoms with Crippen LogP contribution in [0.15, 0.2) is 41.0 Å². The second kappa shape index (κ2) is 4.82. The maximum Gasteiger partial charge on any atom is 0.337 e. The van der Waals surface area contributed by atoms with Gasteiger partial charge >= 0.3 is 5.97 Å². The fourth-order valence-electron chi connectivity index (χ4n) is 1.76. The number of carboxylic acid groups (broad SMARTS) is 1. The molecule has 17 heavy (non-hydrogen) atoms. The molecule has 0 unspecified atom stereocenters. The van der Waals surface area contributed by atoms with Crippen LogP contribution in [0.1, 0.15) is 10.4 Å². The summed E-state index contributed by atoms with van der Waals surface area (Å²) in [6, 6.07) is 6.99. The summed E-state index contributed by atoms with van der Waals surface area (Å²) in [5.41, 5.74) is 2.18. The third-order valence-corrected chi connectivity index (χ3v) is 3.06. The van der Waals surface area contributed by atoms with Crippen LogP contribution in [0.2, 0.25) is 0 Å². The zero-order chi connectivity index (χ0) is 12.4. The van der Waals surface area contributed by atoms with Crippen molar-refractivity contribution < 1.29 is 9.90 Å². The number of carbonyl (C=O) groups is 1. The number of hydrogen-bond acceptors (Lipinski definition) is 1. The second-order valence-electron chi connectivity index (χ2n) is 3.55. The molecule has 3 nitrogen and oxygen atoms in total. The van der Waals surface area contributed by atoms with Crippen LogP contribution in [0, 0.1) is 0 Å². The molecule has 1 aromatic heterocycles. The zero-order valence-corrected chi connectivity index (χ0v) is 10.2. The molecule has 0 atom stereocenters. The van der Waals surface area contributed by atoms with Crippen LogP contribution in [0.5, 0.6) is 0 Å². The summed E-state index contributed by atoms with van der Waals surface area (Å²) in [5, 5.41) is 10.4. The van der Waals surface area contributed by atoms with Gasteiger partial charge in [-0.3, -0.25) is 0 Å². The van der Waals surface area contributed by atoms with E-state index in [9.17, 15) is 4.79 Å². The van der Waals surface area contributed by atoms with E-state index in [0.29, 0.717) is 17.1 Å². The third-order valence-electron chi connectivity index (χ3n) is 2.46. The first kappa shape index (κ1) is 12.0. The summed E-state index contributed by atoms with van der Waals surface area (Å²) in [5.74, 6) is -0.957. The van der Waals surface area contributed by atoms with Crippen molar-refractivity contribution in [2.24, 2.45) is 0 Å². The zero-order valence-electron chi connectivity index (χ0n) is 8.73. The average molecular weight is 270 g/mol. The van der Waals surface area contributed by atoms with E-state index in [1.54, 1.807) is 22.9 Å². The fourth-order valence-corrected chi connectivity index (χ4v) is 1.96. The van der Waals surface area contributed by atoms with Crippen LogP contribution in [0.25, 0.3) is 10.9 Å². The SMILES string of the molecule is O=C(O)c1cccc2ccn(CC(Cl)=CCl)c12. The Kier molecular flexibility index (Phi) is 3.41. The van der Waals surface area contributed by atoms with Crippen LogP contribution in [0.3, 0.4) is 0 Å². The molecule has 0 amide bonds. The number of halogens is 2.